The summed E-state index contributed by atoms with van der Waals surface area (Å²) < 4.78 is 5.82. The van der Waals surface area contributed by atoms with E-state index in [9.17, 15) is 5.11 Å². The minimum absolute atomic E-state index is 0.000262. The van der Waals surface area contributed by atoms with Gasteiger partial charge in [-0.3, -0.25) is 4.98 Å². The summed E-state index contributed by atoms with van der Waals surface area (Å²) in [5, 5.41) is 21.1. The highest BCUT2D eigenvalue weighted by Crippen LogP contribution is 2.30. The van der Waals surface area contributed by atoms with E-state index in [2.05, 4.69) is 43.0 Å². The third-order valence-electron chi connectivity index (χ3n) is 4.58. The Kier molecular flexibility index (Phi) is 6.53. The van der Waals surface area contributed by atoms with E-state index in [-0.39, 0.29) is 40.3 Å². The summed E-state index contributed by atoms with van der Waals surface area (Å²) in [5.41, 5.74) is 18.4. The van der Waals surface area contributed by atoms with Gasteiger partial charge in [0, 0.05) is 53.7 Å². The molecule has 0 bridgehead atoms. The predicted octanol–water partition coefficient (Wildman–Crippen LogP) is 1.63. The Labute approximate surface area is 171 Å². The van der Waals surface area contributed by atoms with Gasteiger partial charge < -0.3 is 37.8 Å². The highest BCUT2D eigenvalue weighted by atomic mass is 16.5. The third kappa shape index (κ3) is 5.95. The molecule has 1 aromatic rings. The summed E-state index contributed by atoms with van der Waals surface area (Å²) >= 11 is 0. The molecule has 0 amide bonds. The molecule has 1 fully saturated rings. The maximum absolute atomic E-state index is 10.2. The molecule has 29 heavy (non-hydrogen) atoms. The Bertz CT molecular complexity index is 840. The molecule has 2 rings (SSSR count). The van der Waals surface area contributed by atoms with Crippen molar-refractivity contribution < 1.29 is 9.84 Å². The first-order valence-corrected chi connectivity index (χ1v) is 9.33. The van der Waals surface area contributed by atoms with Crippen molar-refractivity contribution in [2.45, 2.75) is 57.7 Å². The van der Waals surface area contributed by atoms with E-state index in [1.165, 1.54) is 24.7 Å². The number of aliphatic imine (C=N–C) groups is 1. The SMILES string of the molecule is CC1(C)CC(O/C(N)=N/C=C(\N)c2ncc(/C(C=N)=C/N)cc2O)CC(C)(C)N1. The maximum Gasteiger partial charge on any atom is 0.286 e. The van der Waals surface area contributed by atoms with Gasteiger partial charge in [0.15, 0.2) is 0 Å². The molecule has 1 aliphatic rings. The number of allylic oxidation sites excluding steroid dienone is 1. The van der Waals surface area contributed by atoms with Crippen molar-refractivity contribution >= 4 is 23.5 Å². The molecule has 9 N–H and O–H groups in total. The number of rotatable bonds is 5. The second-order valence-electron chi connectivity index (χ2n) is 8.45. The molecule has 0 spiro atoms. The molecule has 2 heterocycles. The summed E-state index contributed by atoms with van der Waals surface area (Å²) in [6.45, 7) is 8.49. The average Bonchev–Trinajstić information content (AvgIpc) is 2.58. The Morgan fingerprint density at radius 2 is 1.93 bits per heavy atom. The lowest BCUT2D eigenvalue weighted by Gasteiger charge is -2.45. The number of hydrogen-bond donors (Lipinski definition) is 6. The van der Waals surface area contributed by atoms with E-state index in [0.717, 1.165) is 19.1 Å². The zero-order valence-corrected chi connectivity index (χ0v) is 17.4. The zero-order valence-electron chi connectivity index (χ0n) is 17.4. The third-order valence-corrected chi connectivity index (χ3v) is 4.58. The number of amidine groups is 1. The van der Waals surface area contributed by atoms with Crippen LogP contribution >= 0.6 is 0 Å². The largest absolute Gasteiger partial charge is 0.506 e. The van der Waals surface area contributed by atoms with E-state index in [4.69, 9.17) is 27.3 Å². The summed E-state index contributed by atoms with van der Waals surface area (Å²) in [4.78, 5) is 8.19. The van der Waals surface area contributed by atoms with Crippen LogP contribution in [0.3, 0.4) is 0 Å². The van der Waals surface area contributed by atoms with Crippen molar-refractivity contribution in [3.05, 3.63) is 35.9 Å². The lowest BCUT2D eigenvalue weighted by Crippen LogP contribution is -2.60. The van der Waals surface area contributed by atoms with Gasteiger partial charge in [0.25, 0.3) is 6.02 Å². The van der Waals surface area contributed by atoms with Gasteiger partial charge in [-0.2, -0.15) is 0 Å². The molecular weight excluding hydrogens is 370 g/mol. The fourth-order valence-electron chi connectivity index (χ4n) is 3.77. The van der Waals surface area contributed by atoms with E-state index >= 15 is 0 Å². The Hall–Kier alpha value is -3.07. The van der Waals surface area contributed by atoms with Crippen molar-refractivity contribution in [2.24, 2.45) is 22.2 Å². The molecular formula is C20H31N7O2. The Morgan fingerprint density at radius 3 is 2.45 bits per heavy atom. The molecule has 0 saturated carbocycles. The molecule has 1 aliphatic heterocycles. The number of aromatic hydroxyl groups is 1. The van der Waals surface area contributed by atoms with Crippen molar-refractivity contribution in [2.75, 3.05) is 0 Å². The number of nitrogens with one attached hydrogen (secondary N) is 2. The molecule has 0 aliphatic carbocycles. The van der Waals surface area contributed by atoms with Crippen molar-refractivity contribution in [3.8, 4) is 5.75 Å². The summed E-state index contributed by atoms with van der Waals surface area (Å²) in [7, 11) is 0. The monoisotopic (exact) mass is 401 g/mol. The van der Waals surface area contributed by atoms with E-state index in [1.807, 2.05) is 0 Å². The number of aromatic nitrogens is 1. The smallest absolute Gasteiger partial charge is 0.286 e. The van der Waals surface area contributed by atoms with E-state index < -0.39 is 0 Å². The van der Waals surface area contributed by atoms with Crippen LogP contribution in [0.2, 0.25) is 0 Å². The van der Waals surface area contributed by atoms with Gasteiger partial charge in [-0.1, -0.05) is 0 Å². The van der Waals surface area contributed by atoms with Crippen molar-refractivity contribution in [1.29, 1.82) is 5.41 Å². The molecule has 0 unspecified atom stereocenters. The zero-order chi connectivity index (χ0) is 21.8. The predicted molar refractivity (Wildman–Crippen MR) is 116 cm³/mol. The fraction of sp³-hybridized carbons (Fsp3) is 0.450. The van der Waals surface area contributed by atoms with Crippen LogP contribution in [0, 0.1) is 5.41 Å². The normalized spacial score (nSPS) is 20.3. The van der Waals surface area contributed by atoms with Crippen LogP contribution in [0.15, 0.2) is 29.7 Å². The second-order valence-corrected chi connectivity index (χ2v) is 8.45. The number of nitrogens with zero attached hydrogens (tertiary/aromatic N) is 2. The molecule has 0 radical (unpaired) electrons. The van der Waals surface area contributed by atoms with Gasteiger partial charge in [-0.25, -0.2) is 4.99 Å². The van der Waals surface area contributed by atoms with Crippen LogP contribution in [0.25, 0.3) is 11.3 Å². The molecule has 9 heteroatoms. The van der Waals surface area contributed by atoms with Gasteiger partial charge in [0.1, 0.15) is 17.5 Å². The first kappa shape index (κ1) is 22.2. The molecule has 0 aromatic carbocycles. The summed E-state index contributed by atoms with van der Waals surface area (Å²) in [6, 6.07) is 1.43. The van der Waals surface area contributed by atoms with Crippen LogP contribution in [0.1, 0.15) is 51.8 Å². The topological polar surface area (TPSA) is 169 Å². The number of ether oxygens (including phenoxy) is 1. The summed E-state index contributed by atoms with van der Waals surface area (Å²) in [6.07, 6.45) is 6.59. The molecule has 158 valence electrons. The number of pyridine rings is 1. The van der Waals surface area contributed by atoms with Crippen molar-refractivity contribution in [1.82, 2.24) is 10.3 Å². The Morgan fingerprint density at radius 1 is 1.31 bits per heavy atom. The van der Waals surface area contributed by atoms with Gasteiger partial charge in [-0.15, -0.1) is 0 Å². The summed E-state index contributed by atoms with van der Waals surface area (Å²) in [5.74, 6) is -0.158. The molecule has 1 saturated heterocycles. The quantitative estimate of drug-likeness (QED) is 0.322. The van der Waals surface area contributed by atoms with Gasteiger partial charge in [0.2, 0.25) is 0 Å². The minimum atomic E-state index is -0.158. The van der Waals surface area contributed by atoms with Crippen LogP contribution in [0.4, 0.5) is 0 Å². The van der Waals surface area contributed by atoms with Crippen LogP contribution in [-0.4, -0.2) is 39.5 Å². The first-order valence-electron chi connectivity index (χ1n) is 9.33. The fourth-order valence-corrected chi connectivity index (χ4v) is 3.77. The standard InChI is InChI=1S/C20H31N7O2/c1-19(2)6-14(7-20(3,4)27-19)29-18(24)26-11-15(23)17-16(28)5-12(10-25-17)13(8-21)9-22/h5,8-11,14,21,27-28H,6-7,22-23H2,1-4H3,(H2,24,26)/b13-9+,15-11-,21-8?. The van der Waals surface area contributed by atoms with Gasteiger partial charge in [0.05, 0.1) is 11.9 Å². The maximum atomic E-state index is 10.2. The van der Waals surface area contributed by atoms with Crippen LogP contribution in [-0.2, 0) is 4.74 Å². The van der Waals surface area contributed by atoms with E-state index in [1.54, 1.807) is 0 Å². The highest BCUT2D eigenvalue weighted by molar-refractivity contribution is 6.08. The second kappa shape index (κ2) is 8.52. The number of piperidine rings is 1. The lowest BCUT2D eigenvalue weighted by molar-refractivity contribution is 0.0472. The van der Waals surface area contributed by atoms with E-state index in [0.29, 0.717) is 11.1 Å². The molecule has 1 aromatic heterocycles. The minimum Gasteiger partial charge on any atom is -0.506 e. The van der Waals surface area contributed by atoms with Gasteiger partial charge >= 0.3 is 0 Å². The van der Waals surface area contributed by atoms with Crippen molar-refractivity contribution in [3.63, 3.8) is 0 Å². The molecule has 9 nitrogen and oxygen atoms in total. The highest BCUT2D eigenvalue weighted by Gasteiger charge is 2.38. The molecule has 0 atom stereocenters. The number of hydrogen-bond acceptors (Lipinski definition) is 8. The Balaban J connectivity index is 2.13. The van der Waals surface area contributed by atoms with Crippen LogP contribution < -0.4 is 22.5 Å². The van der Waals surface area contributed by atoms with Crippen LogP contribution in [0.5, 0.6) is 5.75 Å². The number of nitrogens with two attached hydrogens (primary N) is 3. The lowest BCUT2D eigenvalue weighted by atomic mass is 9.81. The average molecular weight is 402 g/mol. The van der Waals surface area contributed by atoms with Gasteiger partial charge in [-0.05, 0) is 33.8 Å². The first-order chi connectivity index (χ1) is 13.5.